The van der Waals surface area contributed by atoms with Gasteiger partial charge in [-0.1, -0.05) is 193 Å². The van der Waals surface area contributed by atoms with Crippen LogP contribution in [0, 0.1) is 13.8 Å². The fraction of sp³-hybridized carbons (Fsp3) is 0.0260. The number of nitrogens with zero attached hydrogens (tertiary/aromatic N) is 6. The topological polar surface area (TPSA) is 53.5 Å². The molecule has 83 heavy (non-hydrogen) atoms. The number of benzene rings is 12. The molecular formula is C77H52N6. The molecule has 0 aliphatic rings. The largest absolute Gasteiger partial charge is 0.309 e. The molecule has 4 heterocycles. The second-order valence-corrected chi connectivity index (χ2v) is 21.8. The SMILES string of the molecule is Cc1ccc2c(c1)c1cc(-c3ccc4c(c3)c3cc(-c5ccc6c(c5)c5cc(C)ccc5n6-c5ccc(-c6ccccc6)cc5)ccc3n4-c3nc(-c4ccccc4)nc(-c4ccccc4)n3)ccc1n2-c1ccc(-c2ccccc2)cc1. The fourth-order valence-corrected chi connectivity index (χ4v) is 12.6. The van der Waals surface area contributed by atoms with Crippen molar-refractivity contribution in [1.29, 1.82) is 0 Å². The van der Waals surface area contributed by atoms with Crippen LogP contribution in [0.25, 0.3) is 150 Å². The van der Waals surface area contributed by atoms with Crippen molar-refractivity contribution in [2.75, 3.05) is 0 Å². The van der Waals surface area contributed by atoms with E-state index in [2.05, 4.69) is 270 Å². The molecule has 0 aliphatic heterocycles. The Balaban J connectivity index is 0.876. The van der Waals surface area contributed by atoms with E-state index in [9.17, 15) is 0 Å². The second kappa shape index (κ2) is 19.4. The lowest BCUT2D eigenvalue weighted by Gasteiger charge is -2.11. The molecule has 6 nitrogen and oxygen atoms in total. The van der Waals surface area contributed by atoms with Gasteiger partial charge in [0.1, 0.15) is 0 Å². The lowest BCUT2D eigenvalue weighted by atomic mass is 9.98. The number of rotatable bonds is 9. The Bertz CT molecular complexity index is 4850. The van der Waals surface area contributed by atoms with E-state index in [1.807, 2.05) is 36.4 Å². The fourth-order valence-electron chi connectivity index (χ4n) is 12.6. The summed E-state index contributed by atoms with van der Waals surface area (Å²) in [5.41, 5.74) is 22.6. The number of hydrogen-bond acceptors (Lipinski definition) is 3. The molecule has 0 unspecified atom stereocenters. The molecule has 4 aromatic heterocycles. The zero-order chi connectivity index (χ0) is 55.1. The number of fused-ring (bicyclic) bond motifs is 9. The molecule has 6 heteroatoms. The van der Waals surface area contributed by atoms with Gasteiger partial charge in [0.05, 0.1) is 33.1 Å². The van der Waals surface area contributed by atoms with Gasteiger partial charge in [-0.2, -0.15) is 9.97 Å². The maximum atomic E-state index is 5.30. The van der Waals surface area contributed by atoms with Crippen molar-refractivity contribution in [3.63, 3.8) is 0 Å². The first-order chi connectivity index (χ1) is 40.9. The highest BCUT2D eigenvalue weighted by molar-refractivity contribution is 6.15. The molecule has 390 valence electrons. The molecule has 0 radical (unpaired) electrons. The van der Waals surface area contributed by atoms with Crippen LogP contribution >= 0.6 is 0 Å². The molecule has 16 aromatic rings. The first-order valence-corrected chi connectivity index (χ1v) is 28.3. The monoisotopic (exact) mass is 1060 g/mol. The molecular weight excluding hydrogens is 1010 g/mol. The lowest BCUT2D eigenvalue weighted by Crippen LogP contribution is -2.06. The summed E-state index contributed by atoms with van der Waals surface area (Å²) in [7, 11) is 0. The number of aromatic nitrogens is 6. The van der Waals surface area contributed by atoms with E-state index >= 15 is 0 Å². The quantitative estimate of drug-likeness (QED) is 0.145. The maximum absolute atomic E-state index is 5.30. The summed E-state index contributed by atoms with van der Waals surface area (Å²) in [5, 5.41) is 7.08. The first-order valence-electron chi connectivity index (χ1n) is 28.3. The van der Waals surface area contributed by atoms with Crippen molar-refractivity contribution >= 4 is 65.4 Å². The molecule has 0 spiro atoms. The molecule has 0 saturated heterocycles. The van der Waals surface area contributed by atoms with E-state index in [0.29, 0.717) is 17.6 Å². The third-order valence-corrected chi connectivity index (χ3v) is 16.6. The summed E-state index contributed by atoms with van der Waals surface area (Å²) < 4.78 is 7.04. The Labute approximate surface area is 480 Å². The molecule has 0 atom stereocenters. The highest BCUT2D eigenvalue weighted by Gasteiger charge is 2.22. The van der Waals surface area contributed by atoms with Gasteiger partial charge in [-0.15, -0.1) is 0 Å². The van der Waals surface area contributed by atoms with Crippen LogP contribution in [0.5, 0.6) is 0 Å². The molecule has 0 bridgehead atoms. The van der Waals surface area contributed by atoms with Gasteiger partial charge in [0.2, 0.25) is 5.95 Å². The molecule has 12 aromatic carbocycles. The minimum Gasteiger partial charge on any atom is -0.309 e. The van der Waals surface area contributed by atoms with Crippen LogP contribution in [0.4, 0.5) is 0 Å². The lowest BCUT2D eigenvalue weighted by molar-refractivity contribution is 0.953. The smallest absolute Gasteiger partial charge is 0.238 e. The van der Waals surface area contributed by atoms with E-state index in [4.69, 9.17) is 15.0 Å². The third-order valence-electron chi connectivity index (χ3n) is 16.6. The van der Waals surface area contributed by atoms with E-state index in [1.165, 1.54) is 77.0 Å². The Morgan fingerprint density at radius 3 is 0.819 bits per heavy atom. The molecule has 0 amide bonds. The Kier molecular flexibility index (Phi) is 11.2. The van der Waals surface area contributed by atoms with Gasteiger partial charge in [0, 0.05) is 54.8 Å². The highest BCUT2D eigenvalue weighted by Crippen LogP contribution is 2.42. The normalized spacial score (nSPS) is 11.7. The minimum absolute atomic E-state index is 0.556. The summed E-state index contributed by atoms with van der Waals surface area (Å²) in [4.78, 5) is 15.7. The molecule has 0 N–H and O–H groups in total. The van der Waals surface area contributed by atoms with Crippen LogP contribution in [0.2, 0.25) is 0 Å². The highest BCUT2D eigenvalue weighted by atomic mass is 15.2. The van der Waals surface area contributed by atoms with Crippen molar-refractivity contribution in [2.24, 2.45) is 0 Å². The predicted octanol–water partition coefficient (Wildman–Crippen LogP) is 19.8. The standard InChI is InChI=1S/C77H52N6/c1-49-23-37-69-63(43-49)65-45-57(29-39-71(65)81(69)61-33-25-53(26-34-61)51-15-7-3-8-16-51)59-31-41-73-67(47-59)68-48-60(32-42-74(68)83(73)77-79-75(55-19-11-5-12-20-55)78-76(80-77)56-21-13-6-14-22-56)58-30-40-72-66(46-58)64-44-50(2)24-38-70(64)82(72)62-35-27-54(28-36-62)52-17-9-4-10-18-52/h3-48H,1-2H3. The summed E-state index contributed by atoms with van der Waals surface area (Å²) in [5.74, 6) is 1.78. The van der Waals surface area contributed by atoms with Gasteiger partial charge in [0.25, 0.3) is 0 Å². The summed E-state index contributed by atoms with van der Waals surface area (Å²) >= 11 is 0. The zero-order valence-electron chi connectivity index (χ0n) is 45.7. The second-order valence-electron chi connectivity index (χ2n) is 21.8. The van der Waals surface area contributed by atoms with E-state index in [-0.39, 0.29) is 0 Å². The molecule has 0 aliphatic carbocycles. The van der Waals surface area contributed by atoms with Crippen molar-refractivity contribution in [3.05, 3.63) is 290 Å². The minimum atomic E-state index is 0.556. The average molecular weight is 1060 g/mol. The molecule has 0 saturated carbocycles. The Morgan fingerprint density at radius 2 is 0.482 bits per heavy atom. The summed E-state index contributed by atoms with van der Waals surface area (Å²) in [6.07, 6.45) is 0. The molecule has 0 fully saturated rings. The first kappa shape index (κ1) is 48.0. The van der Waals surface area contributed by atoms with E-state index < -0.39 is 0 Å². The predicted molar refractivity (Wildman–Crippen MR) is 345 cm³/mol. The van der Waals surface area contributed by atoms with Gasteiger partial charge in [-0.05, 0) is 155 Å². The number of aryl methyl sites for hydroxylation is 2. The Morgan fingerprint density at radius 1 is 0.217 bits per heavy atom. The van der Waals surface area contributed by atoms with Crippen LogP contribution < -0.4 is 0 Å². The zero-order valence-corrected chi connectivity index (χ0v) is 45.7. The van der Waals surface area contributed by atoms with Crippen LogP contribution in [0.1, 0.15) is 11.1 Å². The van der Waals surface area contributed by atoms with Gasteiger partial charge < -0.3 is 9.13 Å². The summed E-state index contributed by atoms with van der Waals surface area (Å²) in [6.45, 7) is 4.36. The van der Waals surface area contributed by atoms with E-state index in [1.54, 1.807) is 0 Å². The van der Waals surface area contributed by atoms with Crippen molar-refractivity contribution in [3.8, 4) is 84.6 Å². The third kappa shape index (κ3) is 8.22. The van der Waals surface area contributed by atoms with Gasteiger partial charge >= 0.3 is 0 Å². The van der Waals surface area contributed by atoms with Crippen LogP contribution in [-0.2, 0) is 0 Å². The summed E-state index contributed by atoms with van der Waals surface area (Å²) in [6, 6.07) is 101. The van der Waals surface area contributed by atoms with Crippen molar-refractivity contribution in [1.82, 2.24) is 28.7 Å². The van der Waals surface area contributed by atoms with E-state index in [0.717, 1.165) is 66.6 Å². The van der Waals surface area contributed by atoms with Crippen molar-refractivity contribution < 1.29 is 0 Å². The van der Waals surface area contributed by atoms with Gasteiger partial charge in [0.15, 0.2) is 11.6 Å². The maximum Gasteiger partial charge on any atom is 0.238 e. The van der Waals surface area contributed by atoms with Gasteiger partial charge in [-0.3, -0.25) is 4.57 Å². The average Bonchev–Trinajstić information content (AvgIpc) is 4.35. The Hall–Kier alpha value is -11.0. The number of hydrogen-bond donors (Lipinski definition) is 0. The van der Waals surface area contributed by atoms with Gasteiger partial charge in [-0.25, -0.2) is 4.98 Å². The van der Waals surface area contributed by atoms with Crippen molar-refractivity contribution in [2.45, 2.75) is 13.8 Å². The van der Waals surface area contributed by atoms with Crippen LogP contribution in [-0.4, -0.2) is 28.7 Å². The van der Waals surface area contributed by atoms with Crippen LogP contribution in [0.15, 0.2) is 279 Å². The van der Waals surface area contributed by atoms with Crippen LogP contribution in [0.3, 0.4) is 0 Å². The molecule has 16 rings (SSSR count).